The summed E-state index contributed by atoms with van der Waals surface area (Å²) < 4.78 is 10.7. The summed E-state index contributed by atoms with van der Waals surface area (Å²) in [6.45, 7) is 3.91. The van der Waals surface area contributed by atoms with Crippen LogP contribution in [-0.4, -0.2) is 25.9 Å². The minimum atomic E-state index is -0.196. The highest BCUT2D eigenvalue weighted by Crippen LogP contribution is 2.33. The van der Waals surface area contributed by atoms with Crippen molar-refractivity contribution in [2.75, 3.05) is 19.5 Å². The summed E-state index contributed by atoms with van der Waals surface area (Å²) in [6.07, 6.45) is 0.321. The molecule has 1 amide bonds. The van der Waals surface area contributed by atoms with Crippen LogP contribution in [0.15, 0.2) is 48.5 Å². The molecule has 0 saturated heterocycles. The highest BCUT2D eigenvalue weighted by Gasteiger charge is 2.15. The Morgan fingerprint density at radius 1 is 0.933 bits per heavy atom. The first-order chi connectivity index (χ1) is 14.4. The molecule has 0 spiro atoms. The first-order valence-corrected chi connectivity index (χ1v) is 10.5. The Bertz CT molecular complexity index is 1050. The molecule has 3 rings (SSSR count). The van der Waals surface area contributed by atoms with Crippen molar-refractivity contribution in [3.05, 3.63) is 63.8 Å². The molecule has 0 aliphatic heterocycles. The summed E-state index contributed by atoms with van der Waals surface area (Å²) in [6, 6.07) is 15.0. The van der Waals surface area contributed by atoms with Crippen molar-refractivity contribution in [2.45, 2.75) is 26.7 Å². The molecule has 0 aliphatic carbocycles. The summed E-state index contributed by atoms with van der Waals surface area (Å²) >= 11 is 1.60. The third-order valence-electron chi connectivity index (χ3n) is 4.80. The lowest BCUT2D eigenvalue weighted by atomic mass is 10.0. The average molecular weight is 424 g/mol. The smallest absolute Gasteiger partial charge is 0.224 e. The number of amides is 1. The number of hydrogen-bond acceptors (Lipinski definition) is 5. The largest absolute Gasteiger partial charge is 0.497 e. The van der Waals surface area contributed by atoms with Crippen molar-refractivity contribution in [3.63, 3.8) is 0 Å². The van der Waals surface area contributed by atoms with E-state index in [1.807, 2.05) is 56.3 Å². The van der Waals surface area contributed by atoms with Gasteiger partial charge in [-0.25, -0.2) is 0 Å². The van der Waals surface area contributed by atoms with E-state index in [4.69, 9.17) is 9.47 Å². The fraction of sp³-hybridized carbons (Fsp3) is 0.250. The molecule has 0 atom stereocenters. The number of hydrogen-bond donors (Lipinski definition) is 1. The Hall–Kier alpha value is -3.12. The van der Waals surface area contributed by atoms with Gasteiger partial charge in [0.2, 0.25) is 5.91 Å². The predicted octanol–water partition coefficient (Wildman–Crippen LogP) is 5.65. The maximum absolute atomic E-state index is 12.4. The average Bonchev–Trinajstić information content (AvgIpc) is 3.10. The van der Waals surface area contributed by atoms with Gasteiger partial charge in [0, 0.05) is 39.4 Å². The Morgan fingerprint density at radius 3 is 2.27 bits per heavy atom. The molecule has 1 N–H and O–H groups in total. The second-order valence-corrected chi connectivity index (χ2v) is 8.40. The van der Waals surface area contributed by atoms with Gasteiger partial charge in [-0.05, 0) is 55.8 Å². The normalized spacial score (nSPS) is 10.5. The molecule has 0 unspecified atom stereocenters. The molecule has 0 fully saturated rings. The second kappa shape index (κ2) is 9.59. The van der Waals surface area contributed by atoms with Crippen molar-refractivity contribution in [1.29, 1.82) is 0 Å². The number of aryl methyl sites for hydroxylation is 2. The number of benzene rings is 2. The number of nitrogens with one attached hydrogen (secondary N) is 1. The molecule has 2 aromatic carbocycles. The van der Waals surface area contributed by atoms with Crippen LogP contribution in [0, 0.1) is 13.8 Å². The van der Waals surface area contributed by atoms with Gasteiger partial charge in [-0.15, -0.1) is 11.3 Å². The number of ketones is 1. The SMILES string of the molecule is COc1ccc(-c2cc(NC(=O)CCC(=O)c3cc(C)sc3C)ccc2OC)cc1. The van der Waals surface area contributed by atoms with Crippen LogP contribution in [0.1, 0.15) is 33.0 Å². The molecular weight excluding hydrogens is 398 g/mol. The summed E-state index contributed by atoms with van der Waals surface area (Å²) in [5.74, 6) is 1.28. The Labute approximate surface area is 180 Å². The van der Waals surface area contributed by atoms with Gasteiger partial charge in [0.1, 0.15) is 11.5 Å². The number of ether oxygens (including phenoxy) is 2. The quantitative estimate of drug-likeness (QED) is 0.476. The van der Waals surface area contributed by atoms with Crippen LogP contribution < -0.4 is 14.8 Å². The van der Waals surface area contributed by atoms with E-state index in [1.165, 1.54) is 0 Å². The van der Waals surface area contributed by atoms with E-state index in [0.29, 0.717) is 11.4 Å². The molecule has 1 aromatic heterocycles. The van der Waals surface area contributed by atoms with Crippen LogP contribution in [0.5, 0.6) is 11.5 Å². The highest BCUT2D eigenvalue weighted by atomic mass is 32.1. The standard InChI is InChI=1S/C24H25NO4S/c1-15-13-20(16(2)30-15)22(26)10-12-24(27)25-18-7-11-23(29-4)21(14-18)17-5-8-19(28-3)9-6-17/h5-9,11,13-14H,10,12H2,1-4H3,(H,25,27). The van der Waals surface area contributed by atoms with E-state index in [0.717, 1.165) is 32.2 Å². The lowest BCUT2D eigenvalue weighted by Crippen LogP contribution is -2.13. The molecule has 0 radical (unpaired) electrons. The molecular formula is C24H25NO4S. The Balaban J connectivity index is 1.69. The van der Waals surface area contributed by atoms with Crippen molar-refractivity contribution < 1.29 is 19.1 Å². The van der Waals surface area contributed by atoms with Gasteiger partial charge >= 0.3 is 0 Å². The Kier molecular flexibility index (Phi) is 6.90. The fourth-order valence-electron chi connectivity index (χ4n) is 3.27. The maximum Gasteiger partial charge on any atom is 0.224 e. The monoisotopic (exact) mass is 423 g/mol. The topological polar surface area (TPSA) is 64.6 Å². The predicted molar refractivity (Wildman–Crippen MR) is 121 cm³/mol. The number of thiophene rings is 1. The summed E-state index contributed by atoms with van der Waals surface area (Å²) in [5, 5.41) is 2.88. The van der Waals surface area contributed by atoms with Crippen LogP contribution in [0.2, 0.25) is 0 Å². The van der Waals surface area contributed by atoms with Gasteiger partial charge < -0.3 is 14.8 Å². The molecule has 156 valence electrons. The molecule has 6 heteroatoms. The van der Waals surface area contributed by atoms with E-state index in [2.05, 4.69) is 5.32 Å². The van der Waals surface area contributed by atoms with Gasteiger partial charge in [0.15, 0.2) is 5.78 Å². The number of methoxy groups -OCH3 is 2. The molecule has 0 aliphatic rings. The molecule has 0 saturated carbocycles. The van der Waals surface area contributed by atoms with Crippen LogP contribution in [-0.2, 0) is 4.79 Å². The number of carbonyl (C=O) groups is 2. The first kappa shape index (κ1) is 21.6. The van der Waals surface area contributed by atoms with E-state index in [9.17, 15) is 9.59 Å². The van der Waals surface area contributed by atoms with E-state index >= 15 is 0 Å². The van der Waals surface area contributed by atoms with Crippen LogP contribution in [0.3, 0.4) is 0 Å². The lowest BCUT2D eigenvalue weighted by molar-refractivity contribution is -0.116. The Morgan fingerprint density at radius 2 is 1.67 bits per heavy atom. The number of Topliss-reactive ketones (excluding diaryl/α,β-unsaturated/α-hetero) is 1. The minimum absolute atomic E-state index is 0.000604. The first-order valence-electron chi connectivity index (χ1n) is 9.64. The summed E-state index contributed by atoms with van der Waals surface area (Å²) in [7, 11) is 3.23. The summed E-state index contributed by atoms with van der Waals surface area (Å²) in [5.41, 5.74) is 3.18. The third kappa shape index (κ3) is 5.07. The van der Waals surface area contributed by atoms with Crippen LogP contribution in [0.25, 0.3) is 11.1 Å². The zero-order valence-electron chi connectivity index (χ0n) is 17.6. The van der Waals surface area contributed by atoms with Gasteiger partial charge in [-0.3, -0.25) is 9.59 Å². The molecule has 5 nitrogen and oxygen atoms in total. The second-order valence-electron chi connectivity index (χ2n) is 6.94. The zero-order chi connectivity index (χ0) is 21.7. The maximum atomic E-state index is 12.4. The number of carbonyl (C=O) groups excluding carboxylic acids is 2. The van der Waals surface area contributed by atoms with Crippen LogP contribution in [0.4, 0.5) is 5.69 Å². The van der Waals surface area contributed by atoms with Crippen molar-refractivity contribution in [2.24, 2.45) is 0 Å². The van der Waals surface area contributed by atoms with Crippen LogP contribution >= 0.6 is 11.3 Å². The molecule has 1 heterocycles. The van der Waals surface area contributed by atoms with E-state index in [1.54, 1.807) is 31.6 Å². The van der Waals surface area contributed by atoms with Gasteiger partial charge in [0.25, 0.3) is 0 Å². The number of anilines is 1. The lowest BCUT2D eigenvalue weighted by Gasteiger charge is -2.12. The van der Waals surface area contributed by atoms with E-state index in [-0.39, 0.29) is 24.5 Å². The summed E-state index contributed by atoms with van der Waals surface area (Å²) in [4.78, 5) is 26.9. The number of rotatable bonds is 8. The highest BCUT2D eigenvalue weighted by molar-refractivity contribution is 7.12. The van der Waals surface area contributed by atoms with Gasteiger partial charge in [-0.2, -0.15) is 0 Å². The molecule has 0 bridgehead atoms. The van der Waals surface area contributed by atoms with Crippen molar-refractivity contribution >= 4 is 28.7 Å². The van der Waals surface area contributed by atoms with E-state index < -0.39 is 0 Å². The van der Waals surface area contributed by atoms with Gasteiger partial charge in [-0.1, -0.05) is 12.1 Å². The fourth-order valence-corrected chi connectivity index (χ4v) is 4.22. The van der Waals surface area contributed by atoms with Gasteiger partial charge in [0.05, 0.1) is 14.2 Å². The zero-order valence-corrected chi connectivity index (χ0v) is 18.4. The molecule has 30 heavy (non-hydrogen) atoms. The van der Waals surface area contributed by atoms with Crippen molar-refractivity contribution in [3.8, 4) is 22.6 Å². The minimum Gasteiger partial charge on any atom is -0.497 e. The van der Waals surface area contributed by atoms with Crippen molar-refractivity contribution in [1.82, 2.24) is 0 Å². The third-order valence-corrected chi connectivity index (χ3v) is 5.77. The molecule has 3 aromatic rings.